The summed E-state index contributed by atoms with van der Waals surface area (Å²) in [5.41, 5.74) is 2.11. The van der Waals surface area contributed by atoms with Gasteiger partial charge in [0, 0.05) is 32.2 Å². The van der Waals surface area contributed by atoms with Crippen molar-refractivity contribution in [3.63, 3.8) is 0 Å². The van der Waals surface area contributed by atoms with Crippen LogP contribution in [0.15, 0.2) is 29.4 Å². The molecule has 1 unspecified atom stereocenters. The summed E-state index contributed by atoms with van der Waals surface area (Å²) in [6.07, 6.45) is 2.26. The van der Waals surface area contributed by atoms with E-state index in [9.17, 15) is 4.79 Å². The van der Waals surface area contributed by atoms with Gasteiger partial charge in [0.1, 0.15) is 0 Å². The lowest BCUT2D eigenvalue weighted by Crippen LogP contribution is -2.52. The molecule has 1 aliphatic rings. The first-order chi connectivity index (χ1) is 14.2. The van der Waals surface area contributed by atoms with Gasteiger partial charge in [0.05, 0.1) is 30.0 Å². The maximum Gasteiger partial charge on any atom is 0.230 e. The summed E-state index contributed by atoms with van der Waals surface area (Å²) in [4.78, 5) is 19.8. The van der Waals surface area contributed by atoms with Crippen LogP contribution in [0.2, 0.25) is 0 Å². The predicted octanol–water partition coefficient (Wildman–Crippen LogP) is 3.40. The number of rotatable bonds is 10. The number of morpholine rings is 1. The van der Waals surface area contributed by atoms with Crippen molar-refractivity contribution >= 4 is 28.7 Å². The predicted molar refractivity (Wildman–Crippen MR) is 119 cm³/mol. The molecule has 0 aliphatic carbocycles. The molecule has 1 aliphatic heterocycles. The fraction of sp³-hybridized carbons (Fsp3) is 0.636. The highest BCUT2D eigenvalue weighted by atomic mass is 32.2. The monoisotopic (exact) mass is 418 g/mol. The zero-order valence-corrected chi connectivity index (χ0v) is 18.7. The number of carbonyl (C=O) groups is 1. The second-order valence-electron chi connectivity index (χ2n) is 7.51. The zero-order valence-electron chi connectivity index (χ0n) is 17.9. The lowest BCUT2D eigenvalue weighted by Gasteiger charge is -2.38. The van der Waals surface area contributed by atoms with Crippen molar-refractivity contribution in [2.45, 2.75) is 51.4 Å². The number of carbonyl (C=O) groups excluding carboxylic acids is 1. The Morgan fingerprint density at radius 3 is 2.62 bits per heavy atom. The van der Waals surface area contributed by atoms with Gasteiger partial charge in [0.15, 0.2) is 5.16 Å². The molecule has 1 aromatic heterocycles. The van der Waals surface area contributed by atoms with Crippen LogP contribution in [0, 0.1) is 5.92 Å². The lowest BCUT2D eigenvalue weighted by atomic mass is 9.92. The highest BCUT2D eigenvalue weighted by Crippen LogP contribution is 2.24. The molecule has 2 aromatic rings. The number of hydrogen-bond donors (Lipinski definition) is 1. The Morgan fingerprint density at radius 2 is 1.93 bits per heavy atom. The van der Waals surface area contributed by atoms with E-state index in [0.29, 0.717) is 24.3 Å². The first-order valence-electron chi connectivity index (χ1n) is 10.8. The van der Waals surface area contributed by atoms with Crippen molar-refractivity contribution in [3.05, 3.63) is 24.3 Å². The number of benzene rings is 1. The number of amides is 1. The molecule has 3 rings (SSSR count). The Labute approximate surface area is 178 Å². The van der Waals surface area contributed by atoms with Gasteiger partial charge in [-0.1, -0.05) is 50.6 Å². The average Bonchev–Trinajstić information content (AvgIpc) is 3.13. The van der Waals surface area contributed by atoms with E-state index in [1.807, 2.05) is 18.2 Å². The van der Waals surface area contributed by atoms with Crippen LogP contribution in [0.1, 0.15) is 33.6 Å². The number of imidazole rings is 1. The van der Waals surface area contributed by atoms with E-state index in [2.05, 4.69) is 41.6 Å². The summed E-state index contributed by atoms with van der Waals surface area (Å²) in [7, 11) is 0. The van der Waals surface area contributed by atoms with Gasteiger partial charge >= 0.3 is 0 Å². The molecule has 29 heavy (non-hydrogen) atoms. The molecular weight excluding hydrogens is 384 g/mol. The lowest BCUT2D eigenvalue weighted by molar-refractivity contribution is -0.119. The van der Waals surface area contributed by atoms with Crippen molar-refractivity contribution in [1.29, 1.82) is 0 Å². The molecule has 1 saturated heterocycles. The molecule has 1 atom stereocenters. The summed E-state index contributed by atoms with van der Waals surface area (Å²) >= 11 is 1.52. The number of ether oxygens (including phenoxy) is 1. The number of para-hydroxylation sites is 2. The largest absolute Gasteiger partial charge is 0.379 e. The van der Waals surface area contributed by atoms with E-state index in [1.54, 1.807) is 0 Å². The number of nitrogens with one attached hydrogen (secondary N) is 1. The van der Waals surface area contributed by atoms with Gasteiger partial charge in [-0.25, -0.2) is 4.98 Å². The number of nitrogens with zero attached hydrogens (tertiary/aromatic N) is 3. The molecule has 0 spiro atoms. The van der Waals surface area contributed by atoms with Gasteiger partial charge in [0.2, 0.25) is 5.91 Å². The second-order valence-corrected chi connectivity index (χ2v) is 8.45. The normalized spacial score (nSPS) is 16.4. The summed E-state index contributed by atoms with van der Waals surface area (Å²) < 4.78 is 7.69. The summed E-state index contributed by atoms with van der Waals surface area (Å²) in [6, 6.07) is 8.51. The Hall–Kier alpha value is -1.57. The molecular formula is C22H34N4O2S. The number of hydrogen-bond acceptors (Lipinski definition) is 5. The number of fused-ring (bicyclic) bond motifs is 1. The number of aryl methyl sites for hydroxylation is 1. The Bertz CT molecular complexity index is 784. The van der Waals surface area contributed by atoms with Crippen LogP contribution >= 0.6 is 11.8 Å². The molecule has 1 amide bonds. The SMILES string of the molecule is CCC(CC)C(CNC(=O)CSc1nc2ccccc2n1CC)N1CCOCC1. The highest BCUT2D eigenvalue weighted by molar-refractivity contribution is 7.99. The summed E-state index contributed by atoms with van der Waals surface area (Å²) in [5, 5.41) is 4.10. The van der Waals surface area contributed by atoms with Crippen LogP contribution in [0.25, 0.3) is 11.0 Å². The molecule has 1 aromatic carbocycles. The fourth-order valence-corrected chi connectivity index (χ4v) is 5.11. The molecule has 7 heteroatoms. The molecule has 0 radical (unpaired) electrons. The molecule has 0 bridgehead atoms. The van der Waals surface area contributed by atoms with E-state index in [4.69, 9.17) is 9.72 Å². The van der Waals surface area contributed by atoms with Crippen molar-refractivity contribution in [3.8, 4) is 0 Å². The van der Waals surface area contributed by atoms with Crippen molar-refractivity contribution in [2.75, 3.05) is 38.6 Å². The molecule has 1 fully saturated rings. The maximum atomic E-state index is 12.6. The van der Waals surface area contributed by atoms with Gasteiger partial charge in [-0.2, -0.15) is 0 Å². The molecule has 1 N–H and O–H groups in total. The first-order valence-corrected chi connectivity index (χ1v) is 11.8. The van der Waals surface area contributed by atoms with E-state index in [0.717, 1.165) is 61.9 Å². The van der Waals surface area contributed by atoms with Gasteiger partial charge in [-0.3, -0.25) is 9.69 Å². The van der Waals surface area contributed by atoms with Gasteiger partial charge < -0.3 is 14.6 Å². The van der Waals surface area contributed by atoms with E-state index < -0.39 is 0 Å². The number of thioether (sulfide) groups is 1. The molecule has 6 nitrogen and oxygen atoms in total. The molecule has 160 valence electrons. The first kappa shape index (κ1) is 22.1. The Morgan fingerprint density at radius 1 is 1.21 bits per heavy atom. The Balaban J connectivity index is 1.58. The Kier molecular flexibility index (Phi) is 8.39. The summed E-state index contributed by atoms with van der Waals surface area (Å²) in [6.45, 7) is 11.6. The third-order valence-electron chi connectivity index (χ3n) is 5.88. The van der Waals surface area contributed by atoms with E-state index in [-0.39, 0.29) is 5.91 Å². The molecule has 2 heterocycles. The topological polar surface area (TPSA) is 59.4 Å². The second kappa shape index (κ2) is 11.0. The van der Waals surface area contributed by atoms with Crippen molar-refractivity contribution in [2.24, 2.45) is 5.92 Å². The van der Waals surface area contributed by atoms with Gasteiger partial charge in [0.25, 0.3) is 0 Å². The van der Waals surface area contributed by atoms with E-state index >= 15 is 0 Å². The minimum atomic E-state index is 0.0777. The van der Waals surface area contributed by atoms with Gasteiger partial charge in [-0.15, -0.1) is 0 Å². The number of aromatic nitrogens is 2. The van der Waals surface area contributed by atoms with Crippen LogP contribution in [0.5, 0.6) is 0 Å². The van der Waals surface area contributed by atoms with Crippen molar-refractivity contribution < 1.29 is 9.53 Å². The van der Waals surface area contributed by atoms with E-state index in [1.165, 1.54) is 11.8 Å². The van der Waals surface area contributed by atoms with Crippen molar-refractivity contribution in [1.82, 2.24) is 19.8 Å². The minimum Gasteiger partial charge on any atom is -0.379 e. The zero-order chi connectivity index (χ0) is 20.6. The van der Waals surface area contributed by atoms with Gasteiger partial charge in [-0.05, 0) is 25.0 Å². The minimum absolute atomic E-state index is 0.0777. The third-order valence-corrected chi connectivity index (χ3v) is 6.86. The standard InChI is InChI=1S/C22H34N4O2S/c1-4-17(5-2)20(25-11-13-28-14-12-25)15-23-21(27)16-29-22-24-18-9-7-8-10-19(18)26(22)6-3/h7-10,17,20H,4-6,11-16H2,1-3H3,(H,23,27). The highest BCUT2D eigenvalue weighted by Gasteiger charge is 2.27. The van der Waals surface area contributed by atoms with Crippen LogP contribution in [-0.4, -0.2) is 65.0 Å². The molecule has 0 saturated carbocycles. The third kappa shape index (κ3) is 5.53. The van der Waals surface area contributed by atoms with Crippen LogP contribution < -0.4 is 5.32 Å². The smallest absolute Gasteiger partial charge is 0.230 e. The van der Waals surface area contributed by atoms with Crippen LogP contribution in [0.3, 0.4) is 0 Å². The van der Waals surface area contributed by atoms with Crippen LogP contribution in [0.4, 0.5) is 0 Å². The fourth-order valence-electron chi connectivity index (χ4n) is 4.20. The summed E-state index contributed by atoms with van der Waals surface area (Å²) in [5.74, 6) is 1.06. The van der Waals surface area contributed by atoms with Crippen LogP contribution in [-0.2, 0) is 16.1 Å². The quantitative estimate of drug-likeness (QED) is 0.599. The average molecular weight is 419 g/mol. The maximum absolute atomic E-state index is 12.6.